The molecule has 3 aromatic rings. The summed E-state index contributed by atoms with van der Waals surface area (Å²) in [7, 11) is 0. The summed E-state index contributed by atoms with van der Waals surface area (Å²) in [6.45, 7) is 4.42. The molecule has 8 heteroatoms. The summed E-state index contributed by atoms with van der Waals surface area (Å²) >= 11 is 12.3. The van der Waals surface area contributed by atoms with Gasteiger partial charge in [0.15, 0.2) is 0 Å². The number of hydrogen-bond donors (Lipinski definition) is 1. The van der Waals surface area contributed by atoms with E-state index in [4.69, 9.17) is 27.9 Å². The number of nitrogens with zero attached hydrogens (tertiary/aromatic N) is 1. The van der Waals surface area contributed by atoms with Crippen molar-refractivity contribution < 1.29 is 19.1 Å². The highest BCUT2D eigenvalue weighted by Crippen LogP contribution is 2.39. The molecule has 1 atom stereocenters. The van der Waals surface area contributed by atoms with Gasteiger partial charge in [0, 0.05) is 30.1 Å². The van der Waals surface area contributed by atoms with Gasteiger partial charge in [-0.1, -0.05) is 71.7 Å². The van der Waals surface area contributed by atoms with Gasteiger partial charge in [0.1, 0.15) is 0 Å². The normalized spacial score (nSPS) is 15.3. The maximum absolute atomic E-state index is 13.4. The molecule has 4 rings (SSSR count). The van der Waals surface area contributed by atoms with E-state index in [1.165, 1.54) is 0 Å². The highest BCUT2D eigenvalue weighted by atomic mass is 35.5. The molecule has 0 aromatic heterocycles. The largest absolute Gasteiger partial charge is 0.463 e. The topological polar surface area (TPSA) is 75.7 Å². The third kappa shape index (κ3) is 6.88. The molecule has 1 aliphatic heterocycles. The Morgan fingerprint density at radius 1 is 0.974 bits per heavy atom. The van der Waals surface area contributed by atoms with E-state index in [1.54, 1.807) is 55.1 Å². The third-order valence-corrected chi connectivity index (χ3v) is 7.48. The molecular weight excluding hydrogens is 535 g/mol. The van der Waals surface area contributed by atoms with Crippen LogP contribution in [0.2, 0.25) is 10.0 Å². The Morgan fingerprint density at radius 3 is 2.44 bits per heavy atom. The molecule has 0 fully saturated rings. The standard InChI is InChI=1S/C31H30Cl2N2O4/c1-3-39-31(38)29-20(2)35(28(36)18-25(29)23-12-13-26(32)27(33)17-23)19-22-10-7-11-24(16-22)30(37)34-15-14-21-8-5-4-6-9-21/h4-13,16-17,25H,3,14-15,18-19H2,1-2H3,(H,34,37). The van der Waals surface area contributed by atoms with Gasteiger partial charge in [0.2, 0.25) is 5.91 Å². The van der Waals surface area contributed by atoms with Crippen molar-refractivity contribution in [3.05, 3.63) is 116 Å². The molecule has 0 aliphatic carbocycles. The number of ether oxygens (including phenoxy) is 1. The van der Waals surface area contributed by atoms with E-state index in [1.807, 2.05) is 36.4 Å². The van der Waals surface area contributed by atoms with Gasteiger partial charge in [-0.3, -0.25) is 9.59 Å². The fourth-order valence-electron chi connectivity index (χ4n) is 4.75. The van der Waals surface area contributed by atoms with E-state index in [9.17, 15) is 14.4 Å². The second-order valence-electron chi connectivity index (χ2n) is 9.32. The monoisotopic (exact) mass is 564 g/mol. The van der Waals surface area contributed by atoms with Crippen molar-refractivity contribution in [2.45, 2.75) is 39.2 Å². The molecule has 202 valence electrons. The summed E-state index contributed by atoms with van der Waals surface area (Å²) in [5.41, 5.74) is 4.06. The first kappa shape index (κ1) is 28.4. The molecule has 0 bridgehead atoms. The zero-order chi connectivity index (χ0) is 27.9. The Morgan fingerprint density at radius 2 is 1.72 bits per heavy atom. The summed E-state index contributed by atoms with van der Waals surface area (Å²) in [6, 6.07) is 22.2. The van der Waals surface area contributed by atoms with E-state index < -0.39 is 11.9 Å². The molecule has 1 unspecified atom stereocenters. The highest BCUT2D eigenvalue weighted by Gasteiger charge is 2.37. The number of esters is 1. The molecule has 1 aliphatic rings. The molecule has 2 amide bonds. The number of rotatable bonds is 9. The van der Waals surface area contributed by atoms with Crippen LogP contribution in [0.3, 0.4) is 0 Å². The molecular formula is C31H30Cl2N2O4. The Kier molecular flexibility index (Phi) is 9.44. The SMILES string of the molecule is CCOC(=O)C1=C(C)N(Cc2cccc(C(=O)NCCc3ccccc3)c2)C(=O)CC1c1ccc(Cl)c(Cl)c1. The number of benzene rings is 3. The minimum Gasteiger partial charge on any atom is -0.463 e. The average molecular weight is 565 g/mol. The second-order valence-corrected chi connectivity index (χ2v) is 10.1. The summed E-state index contributed by atoms with van der Waals surface area (Å²) in [5, 5.41) is 3.70. The number of halogens is 2. The van der Waals surface area contributed by atoms with Crippen LogP contribution in [0.25, 0.3) is 0 Å². The molecule has 39 heavy (non-hydrogen) atoms. The Labute approximate surface area is 238 Å². The van der Waals surface area contributed by atoms with E-state index in [-0.39, 0.29) is 31.4 Å². The lowest BCUT2D eigenvalue weighted by molar-refractivity contribution is -0.140. The highest BCUT2D eigenvalue weighted by molar-refractivity contribution is 6.42. The lowest BCUT2D eigenvalue weighted by Crippen LogP contribution is -2.38. The van der Waals surface area contributed by atoms with Gasteiger partial charge in [-0.25, -0.2) is 4.79 Å². The van der Waals surface area contributed by atoms with E-state index in [0.717, 1.165) is 17.5 Å². The number of amides is 2. The minimum absolute atomic E-state index is 0.0725. The second kappa shape index (κ2) is 13.0. The van der Waals surface area contributed by atoms with Crippen molar-refractivity contribution in [2.75, 3.05) is 13.2 Å². The smallest absolute Gasteiger partial charge is 0.336 e. The van der Waals surface area contributed by atoms with Crippen LogP contribution < -0.4 is 5.32 Å². The first-order chi connectivity index (χ1) is 18.8. The summed E-state index contributed by atoms with van der Waals surface area (Å²) in [5.74, 6) is -1.31. The predicted molar refractivity (Wildman–Crippen MR) is 153 cm³/mol. The third-order valence-electron chi connectivity index (χ3n) is 6.74. The first-order valence-corrected chi connectivity index (χ1v) is 13.6. The van der Waals surface area contributed by atoms with Crippen LogP contribution in [0.4, 0.5) is 0 Å². The Bertz CT molecular complexity index is 1400. The zero-order valence-electron chi connectivity index (χ0n) is 21.9. The average Bonchev–Trinajstić information content (AvgIpc) is 2.93. The Hall–Kier alpha value is -3.61. The minimum atomic E-state index is -0.510. The number of carbonyl (C=O) groups excluding carboxylic acids is 3. The first-order valence-electron chi connectivity index (χ1n) is 12.8. The summed E-state index contributed by atoms with van der Waals surface area (Å²) < 4.78 is 5.36. The van der Waals surface area contributed by atoms with Crippen LogP contribution in [-0.4, -0.2) is 35.8 Å². The van der Waals surface area contributed by atoms with Gasteiger partial charge in [-0.05, 0) is 61.2 Å². The van der Waals surface area contributed by atoms with Gasteiger partial charge in [-0.15, -0.1) is 0 Å². The van der Waals surface area contributed by atoms with Crippen LogP contribution in [-0.2, 0) is 27.3 Å². The van der Waals surface area contributed by atoms with Crippen LogP contribution in [0.5, 0.6) is 0 Å². The van der Waals surface area contributed by atoms with Gasteiger partial charge >= 0.3 is 5.97 Å². The Balaban J connectivity index is 1.54. The van der Waals surface area contributed by atoms with Gasteiger partial charge in [0.25, 0.3) is 5.91 Å². The van der Waals surface area contributed by atoms with Crippen molar-refractivity contribution in [2.24, 2.45) is 0 Å². The lowest BCUT2D eigenvalue weighted by Gasteiger charge is -2.34. The number of carbonyl (C=O) groups is 3. The van der Waals surface area contributed by atoms with E-state index in [2.05, 4.69) is 5.32 Å². The summed E-state index contributed by atoms with van der Waals surface area (Å²) in [4.78, 5) is 40.8. The molecule has 6 nitrogen and oxygen atoms in total. The van der Waals surface area contributed by atoms with Crippen molar-refractivity contribution in [1.82, 2.24) is 10.2 Å². The predicted octanol–water partition coefficient (Wildman–Crippen LogP) is 6.32. The van der Waals surface area contributed by atoms with Gasteiger partial charge in [-0.2, -0.15) is 0 Å². The maximum Gasteiger partial charge on any atom is 0.336 e. The quantitative estimate of drug-likeness (QED) is 0.308. The zero-order valence-corrected chi connectivity index (χ0v) is 23.4. The molecule has 0 spiro atoms. The number of hydrogen-bond acceptors (Lipinski definition) is 4. The van der Waals surface area contributed by atoms with Crippen LogP contribution >= 0.6 is 23.2 Å². The fourth-order valence-corrected chi connectivity index (χ4v) is 5.06. The number of nitrogens with one attached hydrogen (secondary N) is 1. The van der Waals surface area contributed by atoms with Crippen molar-refractivity contribution in [3.63, 3.8) is 0 Å². The molecule has 3 aromatic carbocycles. The molecule has 1 N–H and O–H groups in total. The molecule has 0 saturated carbocycles. The van der Waals surface area contributed by atoms with Crippen molar-refractivity contribution >= 4 is 41.0 Å². The molecule has 1 heterocycles. The van der Waals surface area contributed by atoms with Gasteiger partial charge in [0.05, 0.1) is 28.8 Å². The van der Waals surface area contributed by atoms with E-state index in [0.29, 0.717) is 39.0 Å². The van der Waals surface area contributed by atoms with Crippen LogP contribution in [0.15, 0.2) is 84.1 Å². The van der Waals surface area contributed by atoms with Gasteiger partial charge < -0.3 is 15.0 Å². The number of allylic oxidation sites excluding steroid dienone is 1. The van der Waals surface area contributed by atoms with Crippen LogP contribution in [0.1, 0.15) is 53.2 Å². The maximum atomic E-state index is 13.4. The van der Waals surface area contributed by atoms with Crippen molar-refractivity contribution in [1.29, 1.82) is 0 Å². The van der Waals surface area contributed by atoms with Crippen LogP contribution in [0, 0.1) is 0 Å². The summed E-state index contributed by atoms with van der Waals surface area (Å²) in [6.07, 6.45) is 0.804. The molecule has 0 radical (unpaired) electrons. The lowest BCUT2D eigenvalue weighted by atomic mass is 9.83. The van der Waals surface area contributed by atoms with E-state index >= 15 is 0 Å². The van der Waals surface area contributed by atoms with Crippen molar-refractivity contribution in [3.8, 4) is 0 Å². The fraction of sp³-hybridized carbons (Fsp3) is 0.258. The molecule has 0 saturated heterocycles.